The highest BCUT2D eigenvalue weighted by molar-refractivity contribution is 5.76. The molecule has 1 atom stereocenters. The van der Waals surface area contributed by atoms with E-state index >= 15 is 0 Å². The lowest BCUT2D eigenvalue weighted by Gasteiger charge is -2.16. The van der Waals surface area contributed by atoms with Crippen LogP contribution < -0.4 is 0 Å². The van der Waals surface area contributed by atoms with Crippen molar-refractivity contribution in [3.8, 4) is 0 Å². The number of imidazole rings is 1. The fraction of sp³-hybridized carbons (Fsp3) is 0.429. The van der Waals surface area contributed by atoms with Crippen LogP contribution in [0.4, 0.5) is 0 Å². The first-order valence-corrected chi connectivity index (χ1v) is 6.12. The van der Waals surface area contributed by atoms with E-state index in [0.29, 0.717) is 6.42 Å². The molecule has 0 amide bonds. The molecule has 4 heteroatoms. The van der Waals surface area contributed by atoms with Gasteiger partial charge >= 0.3 is 5.97 Å². The lowest BCUT2D eigenvalue weighted by atomic mass is 9.89. The number of fused-ring (bicyclic) bond motifs is 1. The summed E-state index contributed by atoms with van der Waals surface area (Å²) in [4.78, 5) is 15.5. The lowest BCUT2D eigenvalue weighted by Crippen LogP contribution is -2.22. The number of hydrogen-bond donors (Lipinski definition) is 1. The van der Waals surface area contributed by atoms with Crippen LogP contribution in [0.3, 0.4) is 0 Å². The Morgan fingerprint density at radius 1 is 1.44 bits per heavy atom. The third-order valence-electron chi connectivity index (χ3n) is 3.37. The number of carbonyl (C=O) groups is 1. The zero-order valence-corrected chi connectivity index (χ0v) is 10.9. The van der Waals surface area contributed by atoms with Gasteiger partial charge in [0.2, 0.25) is 0 Å². The van der Waals surface area contributed by atoms with Crippen molar-refractivity contribution in [1.82, 2.24) is 9.55 Å². The van der Waals surface area contributed by atoms with Crippen molar-refractivity contribution in [3.05, 3.63) is 30.1 Å². The number of hydrogen-bond acceptors (Lipinski definition) is 2. The van der Waals surface area contributed by atoms with Crippen LogP contribution in [0, 0.1) is 11.8 Å². The molecule has 0 aliphatic rings. The van der Waals surface area contributed by atoms with E-state index in [9.17, 15) is 9.90 Å². The van der Waals surface area contributed by atoms with Crippen LogP contribution in [0.25, 0.3) is 11.0 Å². The maximum atomic E-state index is 11.2. The maximum absolute atomic E-state index is 11.2. The summed E-state index contributed by atoms with van der Waals surface area (Å²) in [6.07, 6.45) is 2.32. The summed E-state index contributed by atoms with van der Waals surface area (Å²) in [5.74, 6) is -0.945. The molecule has 96 valence electrons. The highest BCUT2D eigenvalue weighted by Gasteiger charge is 2.21. The van der Waals surface area contributed by atoms with Gasteiger partial charge in [-0.05, 0) is 30.0 Å². The highest BCUT2D eigenvalue weighted by atomic mass is 16.4. The van der Waals surface area contributed by atoms with Crippen molar-refractivity contribution in [2.45, 2.75) is 20.3 Å². The van der Waals surface area contributed by atoms with E-state index < -0.39 is 5.97 Å². The molecule has 1 aromatic carbocycles. The summed E-state index contributed by atoms with van der Waals surface area (Å²) < 4.78 is 1.95. The summed E-state index contributed by atoms with van der Waals surface area (Å²) in [6.45, 7) is 3.89. The van der Waals surface area contributed by atoms with Crippen LogP contribution in [0.5, 0.6) is 0 Å². The van der Waals surface area contributed by atoms with Gasteiger partial charge in [-0.25, -0.2) is 4.98 Å². The first-order chi connectivity index (χ1) is 8.49. The summed E-state index contributed by atoms with van der Waals surface area (Å²) >= 11 is 0. The van der Waals surface area contributed by atoms with E-state index in [0.717, 1.165) is 16.6 Å². The number of carboxylic acids is 1. The Balaban J connectivity index is 2.28. The van der Waals surface area contributed by atoms with E-state index in [2.05, 4.69) is 4.98 Å². The predicted molar refractivity (Wildman–Crippen MR) is 70.4 cm³/mol. The minimum atomic E-state index is -0.730. The lowest BCUT2D eigenvalue weighted by molar-refractivity contribution is -0.143. The molecular weight excluding hydrogens is 228 g/mol. The van der Waals surface area contributed by atoms with Gasteiger partial charge in [0.15, 0.2) is 0 Å². The summed E-state index contributed by atoms with van der Waals surface area (Å²) in [5.41, 5.74) is 3.01. The smallest absolute Gasteiger partial charge is 0.307 e. The molecule has 0 aliphatic carbocycles. The summed E-state index contributed by atoms with van der Waals surface area (Å²) in [6, 6.07) is 5.97. The summed E-state index contributed by atoms with van der Waals surface area (Å²) in [5, 5.41) is 9.20. The molecule has 0 saturated heterocycles. The van der Waals surface area contributed by atoms with Gasteiger partial charge in [-0.3, -0.25) is 4.79 Å². The Bertz CT molecular complexity index is 572. The second-order valence-corrected chi connectivity index (χ2v) is 5.07. The molecule has 1 aromatic heterocycles. The maximum Gasteiger partial charge on any atom is 0.307 e. The average Bonchev–Trinajstić information content (AvgIpc) is 2.67. The third kappa shape index (κ3) is 2.37. The largest absolute Gasteiger partial charge is 0.481 e. The zero-order valence-electron chi connectivity index (χ0n) is 10.9. The van der Waals surface area contributed by atoms with Crippen molar-refractivity contribution in [3.63, 3.8) is 0 Å². The van der Waals surface area contributed by atoms with Crippen LogP contribution in [0.15, 0.2) is 24.5 Å². The molecule has 2 rings (SSSR count). The summed E-state index contributed by atoms with van der Waals surface area (Å²) in [7, 11) is 1.95. The van der Waals surface area contributed by atoms with Crippen molar-refractivity contribution in [1.29, 1.82) is 0 Å². The molecule has 0 spiro atoms. The van der Waals surface area contributed by atoms with Gasteiger partial charge in [0.25, 0.3) is 0 Å². The zero-order chi connectivity index (χ0) is 13.3. The van der Waals surface area contributed by atoms with Crippen molar-refractivity contribution in [2.24, 2.45) is 18.9 Å². The molecule has 1 N–H and O–H groups in total. The fourth-order valence-corrected chi connectivity index (χ4v) is 2.17. The van der Waals surface area contributed by atoms with Gasteiger partial charge in [0.05, 0.1) is 23.3 Å². The fourth-order valence-electron chi connectivity index (χ4n) is 2.17. The Morgan fingerprint density at radius 3 is 2.78 bits per heavy atom. The van der Waals surface area contributed by atoms with Crippen molar-refractivity contribution in [2.75, 3.05) is 0 Å². The van der Waals surface area contributed by atoms with Crippen LogP contribution in [-0.2, 0) is 18.3 Å². The molecule has 18 heavy (non-hydrogen) atoms. The molecule has 2 aromatic rings. The van der Waals surface area contributed by atoms with Crippen molar-refractivity contribution < 1.29 is 9.90 Å². The topological polar surface area (TPSA) is 55.1 Å². The molecular formula is C14H18N2O2. The molecule has 1 heterocycles. The van der Waals surface area contributed by atoms with E-state index in [1.807, 2.05) is 43.7 Å². The van der Waals surface area contributed by atoms with Gasteiger partial charge < -0.3 is 9.67 Å². The van der Waals surface area contributed by atoms with Gasteiger partial charge in [0, 0.05) is 7.05 Å². The standard InChI is InChI=1S/C14H18N2O2/c1-9(2)11(14(17)18)6-10-4-5-13-12(7-10)15-8-16(13)3/h4-5,7-9,11H,6H2,1-3H3,(H,17,18). The van der Waals surface area contributed by atoms with Crippen LogP contribution >= 0.6 is 0 Å². The molecule has 0 bridgehead atoms. The second-order valence-electron chi connectivity index (χ2n) is 5.07. The molecule has 1 unspecified atom stereocenters. The Labute approximate surface area is 106 Å². The first-order valence-electron chi connectivity index (χ1n) is 6.12. The molecule has 0 aliphatic heterocycles. The first kappa shape index (κ1) is 12.6. The number of aliphatic carboxylic acids is 1. The van der Waals surface area contributed by atoms with Gasteiger partial charge in [0.1, 0.15) is 0 Å². The number of nitrogens with zero attached hydrogens (tertiary/aromatic N) is 2. The molecule has 4 nitrogen and oxygen atoms in total. The third-order valence-corrected chi connectivity index (χ3v) is 3.37. The van der Waals surface area contributed by atoms with Gasteiger partial charge in [-0.1, -0.05) is 19.9 Å². The number of benzene rings is 1. The minimum Gasteiger partial charge on any atom is -0.481 e. The number of aryl methyl sites for hydroxylation is 1. The van der Waals surface area contributed by atoms with E-state index in [-0.39, 0.29) is 11.8 Å². The van der Waals surface area contributed by atoms with E-state index in [1.165, 1.54) is 0 Å². The van der Waals surface area contributed by atoms with Crippen LogP contribution in [0.2, 0.25) is 0 Å². The normalized spacial score (nSPS) is 13.1. The van der Waals surface area contributed by atoms with Crippen molar-refractivity contribution >= 4 is 17.0 Å². The Hall–Kier alpha value is -1.84. The van der Waals surface area contributed by atoms with E-state index in [4.69, 9.17) is 0 Å². The van der Waals surface area contributed by atoms with E-state index in [1.54, 1.807) is 6.33 Å². The van der Waals surface area contributed by atoms with Crippen LogP contribution in [-0.4, -0.2) is 20.6 Å². The Kier molecular flexibility index (Phi) is 3.36. The Morgan fingerprint density at radius 2 is 2.17 bits per heavy atom. The number of rotatable bonds is 4. The van der Waals surface area contributed by atoms with Gasteiger partial charge in [-0.15, -0.1) is 0 Å². The highest BCUT2D eigenvalue weighted by Crippen LogP contribution is 2.20. The predicted octanol–water partition coefficient (Wildman–Crippen LogP) is 2.47. The number of aromatic nitrogens is 2. The second kappa shape index (κ2) is 4.80. The molecule has 0 saturated carbocycles. The average molecular weight is 246 g/mol. The van der Waals surface area contributed by atoms with Crippen LogP contribution in [0.1, 0.15) is 19.4 Å². The van der Waals surface area contributed by atoms with Gasteiger partial charge in [-0.2, -0.15) is 0 Å². The minimum absolute atomic E-state index is 0.127. The number of carboxylic acid groups (broad SMARTS) is 1. The molecule has 0 fully saturated rings. The molecule has 0 radical (unpaired) electrons. The SMILES string of the molecule is CC(C)C(Cc1ccc2c(c1)ncn2C)C(=O)O. The quantitative estimate of drug-likeness (QED) is 0.901. The monoisotopic (exact) mass is 246 g/mol.